The van der Waals surface area contributed by atoms with Crippen LogP contribution >= 0.6 is 0 Å². The van der Waals surface area contributed by atoms with Crippen molar-refractivity contribution in [2.24, 2.45) is 0 Å². The molecule has 164 valence electrons. The third-order valence-electron chi connectivity index (χ3n) is 7.12. The maximum atomic E-state index is 6.18. The molecule has 2 aromatic heterocycles. The number of hydrogen-bond donors (Lipinski definition) is 2. The van der Waals surface area contributed by atoms with Crippen LogP contribution in [0.15, 0.2) is 24.5 Å². The second-order valence-corrected chi connectivity index (χ2v) is 8.90. The summed E-state index contributed by atoms with van der Waals surface area (Å²) >= 11 is 0. The Bertz CT molecular complexity index is 936. The van der Waals surface area contributed by atoms with Crippen molar-refractivity contribution in [1.82, 2.24) is 20.2 Å². The van der Waals surface area contributed by atoms with Crippen LogP contribution in [0.1, 0.15) is 30.0 Å². The van der Waals surface area contributed by atoms with E-state index in [4.69, 9.17) is 14.5 Å². The number of morpholine rings is 1. The van der Waals surface area contributed by atoms with Crippen molar-refractivity contribution >= 4 is 17.2 Å². The van der Waals surface area contributed by atoms with Crippen LogP contribution in [-0.4, -0.2) is 73.4 Å². The largest absolute Gasteiger partial charge is 0.485 e. The zero-order valence-electron chi connectivity index (χ0n) is 17.8. The van der Waals surface area contributed by atoms with E-state index in [9.17, 15) is 0 Å². The molecule has 0 aromatic carbocycles. The third-order valence-corrected chi connectivity index (χ3v) is 7.12. The van der Waals surface area contributed by atoms with Gasteiger partial charge in [0.1, 0.15) is 12.4 Å². The lowest BCUT2D eigenvalue weighted by molar-refractivity contribution is 0.112. The van der Waals surface area contributed by atoms with Crippen LogP contribution in [-0.2, 0) is 11.3 Å². The predicted molar refractivity (Wildman–Crippen MR) is 119 cm³/mol. The molecule has 0 aliphatic carbocycles. The minimum absolute atomic E-state index is 0.491. The van der Waals surface area contributed by atoms with Gasteiger partial charge in [0.25, 0.3) is 0 Å². The van der Waals surface area contributed by atoms with Crippen LogP contribution in [0.3, 0.4) is 0 Å². The zero-order chi connectivity index (χ0) is 20.6. The number of likely N-dealkylation sites (tertiary alicyclic amines) is 1. The summed E-state index contributed by atoms with van der Waals surface area (Å²) in [4.78, 5) is 14.4. The van der Waals surface area contributed by atoms with Gasteiger partial charge >= 0.3 is 0 Å². The van der Waals surface area contributed by atoms with Gasteiger partial charge in [-0.3, -0.25) is 9.88 Å². The monoisotopic (exact) mass is 422 g/mol. The molecule has 2 N–H and O–H groups in total. The fourth-order valence-electron chi connectivity index (χ4n) is 5.10. The van der Waals surface area contributed by atoms with Gasteiger partial charge in [-0.05, 0) is 38.1 Å². The van der Waals surface area contributed by atoms with Crippen molar-refractivity contribution in [2.75, 3.05) is 62.7 Å². The highest BCUT2D eigenvalue weighted by Gasteiger charge is 2.30. The molecule has 0 unspecified atom stereocenters. The number of rotatable bonds is 3. The molecule has 0 saturated carbocycles. The van der Waals surface area contributed by atoms with Crippen LogP contribution in [0.25, 0.3) is 0 Å². The van der Waals surface area contributed by atoms with E-state index in [1.54, 1.807) is 0 Å². The van der Waals surface area contributed by atoms with Gasteiger partial charge in [0, 0.05) is 55.7 Å². The van der Waals surface area contributed by atoms with Gasteiger partial charge in [-0.1, -0.05) is 0 Å². The van der Waals surface area contributed by atoms with Gasteiger partial charge < -0.3 is 25.0 Å². The fraction of sp³-hybridized carbons (Fsp3) is 0.565. The highest BCUT2D eigenvalue weighted by Crippen LogP contribution is 2.39. The molecule has 0 amide bonds. The van der Waals surface area contributed by atoms with E-state index in [0.29, 0.717) is 12.5 Å². The normalized spacial score (nSPS) is 22.5. The van der Waals surface area contributed by atoms with E-state index >= 15 is 0 Å². The topological polar surface area (TPSA) is 74.8 Å². The van der Waals surface area contributed by atoms with E-state index in [1.807, 2.05) is 12.4 Å². The number of nitrogens with zero attached hydrogens (tertiary/aromatic N) is 4. The second kappa shape index (κ2) is 8.26. The summed E-state index contributed by atoms with van der Waals surface area (Å²) in [6.07, 6.45) is 6.10. The summed E-state index contributed by atoms with van der Waals surface area (Å²) in [6, 6.07) is 5.00. The lowest BCUT2D eigenvalue weighted by atomic mass is 9.91. The van der Waals surface area contributed by atoms with E-state index < -0.39 is 0 Å². The van der Waals surface area contributed by atoms with Crippen molar-refractivity contribution in [3.63, 3.8) is 0 Å². The minimum Gasteiger partial charge on any atom is -0.485 e. The Kier molecular flexibility index (Phi) is 5.13. The highest BCUT2D eigenvalue weighted by atomic mass is 16.5. The van der Waals surface area contributed by atoms with Crippen LogP contribution in [0.2, 0.25) is 0 Å². The third kappa shape index (κ3) is 3.73. The Balaban J connectivity index is 1.21. The van der Waals surface area contributed by atoms with E-state index in [-0.39, 0.29) is 0 Å². The molecular formula is C23H30N6O2. The SMILES string of the molecule is c1cc(N2CCOCC2)c2c(n1)Nc1cc(C3CCN(C4CNC4)CC3)ncc1OC2. The average Bonchev–Trinajstić information content (AvgIpc) is 2.97. The van der Waals surface area contributed by atoms with Crippen molar-refractivity contribution in [3.8, 4) is 5.75 Å². The number of pyridine rings is 2. The predicted octanol–water partition coefficient (Wildman–Crippen LogP) is 2.10. The Morgan fingerprint density at radius 2 is 1.87 bits per heavy atom. The van der Waals surface area contributed by atoms with E-state index in [2.05, 4.69) is 37.6 Å². The van der Waals surface area contributed by atoms with Gasteiger partial charge in [-0.2, -0.15) is 0 Å². The Morgan fingerprint density at radius 1 is 1.03 bits per heavy atom. The maximum Gasteiger partial charge on any atom is 0.161 e. The molecule has 3 fully saturated rings. The Morgan fingerprint density at radius 3 is 2.65 bits per heavy atom. The standard InChI is InChI=1S/C23H30N6O2/c1-4-25-23-18(21(1)29-7-9-30-10-8-29)15-31-22-14-26-19(11-20(22)27-23)16-2-5-28(6-3-16)17-12-24-13-17/h1,4,11,14,16-17,24H,2-3,5-10,12-13,15H2,(H,25,27). The van der Waals surface area contributed by atoms with Crippen LogP contribution in [0, 0.1) is 0 Å². The van der Waals surface area contributed by atoms with Crippen LogP contribution < -0.4 is 20.3 Å². The van der Waals surface area contributed by atoms with E-state index in [1.165, 1.54) is 18.5 Å². The molecule has 6 rings (SSSR count). The molecule has 2 aromatic rings. The Labute approximate surface area is 182 Å². The Hall–Kier alpha value is -2.42. The molecule has 0 radical (unpaired) electrons. The van der Waals surface area contributed by atoms with Crippen molar-refractivity contribution < 1.29 is 9.47 Å². The first-order valence-electron chi connectivity index (χ1n) is 11.5. The van der Waals surface area contributed by atoms with Gasteiger partial charge in [0.2, 0.25) is 0 Å². The lowest BCUT2D eigenvalue weighted by Gasteiger charge is -2.42. The first kappa shape index (κ1) is 19.3. The summed E-state index contributed by atoms with van der Waals surface area (Å²) in [7, 11) is 0. The highest BCUT2D eigenvalue weighted by molar-refractivity contribution is 5.72. The van der Waals surface area contributed by atoms with Crippen LogP contribution in [0.5, 0.6) is 5.75 Å². The molecule has 4 aliphatic heterocycles. The summed E-state index contributed by atoms with van der Waals surface area (Å²) in [5, 5.41) is 6.94. The molecular weight excluding hydrogens is 392 g/mol. The second-order valence-electron chi connectivity index (χ2n) is 8.90. The van der Waals surface area contributed by atoms with Crippen molar-refractivity contribution in [2.45, 2.75) is 31.4 Å². The first-order valence-corrected chi connectivity index (χ1v) is 11.5. The number of ether oxygens (including phenoxy) is 2. The summed E-state index contributed by atoms with van der Waals surface area (Å²) in [5.74, 6) is 2.19. The minimum atomic E-state index is 0.491. The maximum absolute atomic E-state index is 6.18. The zero-order valence-corrected chi connectivity index (χ0v) is 17.8. The number of anilines is 3. The van der Waals surface area contributed by atoms with Crippen LogP contribution in [0.4, 0.5) is 17.2 Å². The number of piperidine rings is 1. The first-order chi connectivity index (χ1) is 15.3. The molecule has 0 atom stereocenters. The van der Waals surface area contributed by atoms with Crippen molar-refractivity contribution in [1.29, 1.82) is 0 Å². The van der Waals surface area contributed by atoms with E-state index in [0.717, 1.165) is 87.0 Å². The molecule has 0 spiro atoms. The van der Waals surface area contributed by atoms with Crippen molar-refractivity contribution in [3.05, 3.63) is 35.8 Å². The smallest absolute Gasteiger partial charge is 0.161 e. The molecule has 6 heterocycles. The summed E-state index contributed by atoms with van der Waals surface area (Å²) in [5.41, 5.74) is 4.42. The molecule has 8 heteroatoms. The molecule has 31 heavy (non-hydrogen) atoms. The summed E-state index contributed by atoms with van der Waals surface area (Å²) < 4.78 is 11.7. The van der Waals surface area contributed by atoms with Gasteiger partial charge in [-0.15, -0.1) is 0 Å². The number of nitrogens with one attached hydrogen (secondary N) is 2. The number of hydrogen-bond acceptors (Lipinski definition) is 8. The quantitative estimate of drug-likeness (QED) is 0.779. The van der Waals surface area contributed by atoms with Gasteiger partial charge in [-0.25, -0.2) is 4.98 Å². The molecule has 3 saturated heterocycles. The number of fused-ring (bicyclic) bond motifs is 2. The lowest BCUT2D eigenvalue weighted by Crippen LogP contribution is -2.58. The van der Waals surface area contributed by atoms with Gasteiger partial charge in [0.15, 0.2) is 5.75 Å². The molecule has 4 aliphatic rings. The number of aromatic nitrogens is 2. The summed E-state index contributed by atoms with van der Waals surface area (Å²) in [6.45, 7) is 8.40. The fourth-order valence-corrected chi connectivity index (χ4v) is 5.10. The molecule has 0 bridgehead atoms. The molecule has 8 nitrogen and oxygen atoms in total. The van der Waals surface area contributed by atoms with Gasteiger partial charge in [0.05, 0.1) is 30.7 Å². The average molecular weight is 423 g/mol.